The zero-order chi connectivity index (χ0) is 16.4. The molecular weight excluding hydrogens is 292 g/mol. The molecule has 1 aliphatic rings. The molecule has 2 aromatic rings. The van der Waals surface area contributed by atoms with E-state index in [0.717, 1.165) is 0 Å². The maximum Gasteiger partial charge on any atom is 0.259 e. The van der Waals surface area contributed by atoms with E-state index in [1.807, 2.05) is 26.0 Å². The van der Waals surface area contributed by atoms with Crippen molar-refractivity contribution in [1.82, 2.24) is 0 Å². The minimum Gasteiger partial charge on any atom is -0.454 e. The summed E-state index contributed by atoms with van der Waals surface area (Å²) in [5.74, 6) is 1.01. The summed E-state index contributed by atoms with van der Waals surface area (Å²) in [7, 11) is 0. The van der Waals surface area contributed by atoms with Gasteiger partial charge in [-0.2, -0.15) is 0 Å². The number of rotatable bonds is 3. The molecule has 2 aromatic carbocycles. The van der Waals surface area contributed by atoms with E-state index >= 15 is 0 Å². The minimum atomic E-state index is -0.259. The van der Waals surface area contributed by atoms with Crippen LogP contribution in [0.2, 0.25) is 0 Å². The number of fused-ring (bicyclic) bond motifs is 2. The SMILES string of the molecule is CC(C)CC(=O)Nc1ccc2c(c1)C(=O)Nc1ccccc1O2. The van der Waals surface area contributed by atoms with Gasteiger partial charge in [0.05, 0.1) is 11.3 Å². The first kappa shape index (κ1) is 15.1. The number of hydrogen-bond donors (Lipinski definition) is 2. The van der Waals surface area contributed by atoms with Crippen LogP contribution in [0.1, 0.15) is 30.6 Å². The van der Waals surface area contributed by atoms with Crippen molar-refractivity contribution >= 4 is 23.2 Å². The quantitative estimate of drug-likeness (QED) is 0.899. The molecule has 0 aliphatic carbocycles. The van der Waals surface area contributed by atoms with Gasteiger partial charge in [0.2, 0.25) is 5.91 Å². The molecule has 0 unspecified atom stereocenters. The van der Waals surface area contributed by atoms with Crippen LogP contribution in [0.25, 0.3) is 0 Å². The van der Waals surface area contributed by atoms with Gasteiger partial charge in [0.15, 0.2) is 5.75 Å². The number of anilines is 2. The van der Waals surface area contributed by atoms with Gasteiger partial charge in [-0.05, 0) is 36.2 Å². The van der Waals surface area contributed by atoms with Crippen LogP contribution in [0, 0.1) is 5.92 Å². The van der Waals surface area contributed by atoms with Gasteiger partial charge in [-0.1, -0.05) is 26.0 Å². The number of para-hydroxylation sites is 2. The summed E-state index contributed by atoms with van der Waals surface area (Å²) in [6.45, 7) is 3.96. The van der Waals surface area contributed by atoms with Crippen molar-refractivity contribution in [1.29, 1.82) is 0 Å². The zero-order valence-corrected chi connectivity index (χ0v) is 13.1. The predicted octanol–water partition coefficient (Wildman–Crippen LogP) is 4.03. The molecule has 118 valence electrons. The summed E-state index contributed by atoms with van der Waals surface area (Å²) in [5, 5.41) is 5.63. The van der Waals surface area contributed by atoms with Crippen molar-refractivity contribution < 1.29 is 14.3 Å². The summed E-state index contributed by atoms with van der Waals surface area (Å²) in [5.41, 5.74) is 1.60. The summed E-state index contributed by atoms with van der Waals surface area (Å²) in [6.07, 6.45) is 0.436. The van der Waals surface area contributed by atoms with Crippen LogP contribution in [-0.2, 0) is 4.79 Å². The van der Waals surface area contributed by atoms with Crippen molar-refractivity contribution in [3.05, 3.63) is 48.0 Å². The van der Waals surface area contributed by atoms with E-state index in [4.69, 9.17) is 4.74 Å². The highest BCUT2D eigenvalue weighted by molar-refractivity contribution is 6.09. The van der Waals surface area contributed by atoms with Crippen LogP contribution in [0.4, 0.5) is 11.4 Å². The number of hydrogen-bond acceptors (Lipinski definition) is 3. The Morgan fingerprint density at radius 2 is 1.96 bits per heavy atom. The summed E-state index contributed by atoms with van der Waals surface area (Å²) in [6, 6.07) is 12.3. The molecule has 0 fully saturated rings. The van der Waals surface area contributed by atoms with E-state index in [2.05, 4.69) is 10.6 Å². The molecular formula is C18H18N2O3. The topological polar surface area (TPSA) is 67.4 Å². The van der Waals surface area contributed by atoms with E-state index in [0.29, 0.717) is 34.9 Å². The number of benzene rings is 2. The Hall–Kier alpha value is -2.82. The number of ether oxygens (including phenoxy) is 1. The molecule has 1 heterocycles. The average molecular weight is 310 g/mol. The summed E-state index contributed by atoms with van der Waals surface area (Å²) in [4.78, 5) is 24.3. The van der Waals surface area contributed by atoms with E-state index in [1.54, 1.807) is 30.3 Å². The second kappa shape index (κ2) is 6.12. The molecule has 1 aliphatic heterocycles. The van der Waals surface area contributed by atoms with E-state index < -0.39 is 0 Å². The predicted molar refractivity (Wildman–Crippen MR) is 89.0 cm³/mol. The standard InChI is InChI=1S/C18H18N2O3/c1-11(2)9-17(21)19-12-7-8-15-13(10-12)18(22)20-14-5-3-4-6-16(14)23-15/h3-8,10-11H,9H2,1-2H3,(H,19,21)(H,20,22). The van der Waals surface area contributed by atoms with Gasteiger partial charge in [-0.3, -0.25) is 9.59 Å². The van der Waals surface area contributed by atoms with Gasteiger partial charge in [0, 0.05) is 12.1 Å². The zero-order valence-electron chi connectivity index (χ0n) is 13.1. The van der Waals surface area contributed by atoms with Crippen molar-refractivity contribution in [2.45, 2.75) is 20.3 Å². The largest absolute Gasteiger partial charge is 0.454 e. The molecule has 23 heavy (non-hydrogen) atoms. The molecule has 2 N–H and O–H groups in total. The lowest BCUT2D eigenvalue weighted by molar-refractivity contribution is -0.116. The lowest BCUT2D eigenvalue weighted by Crippen LogP contribution is -2.15. The highest BCUT2D eigenvalue weighted by Crippen LogP contribution is 2.36. The average Bonchev–Trinajstić information content (AvgIpc) is 2.62. The Morgan fingerprint density at radius 3 is 2.74 bits per heavy atom. The normalized spacial score (nSPS) is 12.6. The van der Waals surface area contributed by atoms with Crippen molar-refractivity contribution in [3.63, 3.8) is 0 Å². The fraction of sp³-hybridized carbons (Fsp3) is 0.222. The van der Waals surface area contributed by atoms with E-state index in [1.165, 1.54) is 0 Å². The third-order valence-electron chi connectivity index (χ3n) is 3.46. The maximum atomic E-state index is 12.4. The maximum absolute atomic E-state index is 12.4. The highest BCUT2D eigenvalue weighted by atomic mass is 16.5. The van der Waals surface area contributed by atoms with Gasteiger partial charge in [-0.15, -0.1) is 0 Å². The fourth-order valence-corrected chi connectivity index (χ4v) is 2.42. The molecule has 0 atom stereocenters. The molecule has 5 heteroatoms. The first-order chi connectivity index (χ1) is 11.0. The Balaban J connectivity index is 1.88. The Bertz CT molecular complexity index is 769. The van der Waals surface area contributed by atoms with Gasteiger partial charge < -0.3 is 15.4 Å². The molecule has 0 spiro atoms. The molecule has 3 rings (SSSR count). The highest BCUT2D eigenvalue weighted by Gasteiger charge is 2.21. The van der Waals surface area contributed by atoms with E-state index in [-0.39, 0.29) is 17.7 Å². The second-order valence-electron chi connectivity index (χ2n) is 5.91. The second-order valence-corrected chi connectivity index (χ2v) is 5.91. The lowest BCUT2D eigenvalue weighted by atomic mass is 10.1. The van der Waals surface area contributed by atoms with Gasteiger partial charge in [-0.25, -0.2) is 0 Å². The Labute approximate surface area is 134 Å². The molecule has 2 amide bonds. The third kappa shape index (κ3) is 3.34. The summed E-state index contributed by atoms with van der Waals surface area (Å²) >= 11 is 0. The van der Waals surface area contributed by atoms with Crippen LogP contribution in [0.3, 0.4) is 0 Å². The molecule has 0 aromatic heterocycles. The fourth-order valence-electron chi connectivity index (χ4n) is 2.42. The third-order valence-corrected chi connectivity index (χ3v) is 3.46. The smallest absolute Gasteiger partial charge is 0.259 e. The minimum absolute atomic E-state index is 0.0711. The summed E-state index contributed by atoms with van der Waals surface area (Å²) < 4.78 is 5.80. The monoisotopic (exact) mass is 310 g/mol. The first-order valence-corrected chi connectivity index (χ1v) is 7.55. The van der Waals surface area contributed by atoms with Crippen molar-refractivity contribution in [2.24, 2.45) is 5.92 Å². The number of nitrogens with one attached hydrogen (secondary N) is 2. The van der Waals surface area contributed by atoms with E-state index in [9.17, 15) is 9.59 Å². The number of amides is 2. The Morgan fingerprint density at radius 1 is 1.17 bits per heavy atom. The van der Waals surface area contributed by atoms with Gasteiger partial charge >= 0.3 is 0 Å². The molecule has 0 bridgehead atoms. The van der Waals surface area contributed by atoms with Crippen molar-refractivity contribution in [2.75, 3.05) is 10.6 Å². The lowest BCUT2D eigenvalue weighted by Gasteiger charge is -2.10. The number of carbonyl (C=O) groups is 2. The first-order valence-electron chi connectivity index (χ1n) is 7.55. The van der Waals surface area contributed by atoms with Crippen LogP contribution in [0.5, 0.6) is 11.5 Å². The van der Waals surface area contributed by atoms with Crippen molar-refractivity contribution in [3.8, 4) is 11.5 Å². The molecule has 0 radical (unpaired) electrons. The molecule has 0 saturated carbocycles. The number of carbonyl (C=O) groups excluding carboxylic acids is 2. The van der Waals surface area contributed by atoms with Crippen LogP contribution in [-0.4, -0.2) is 11.8 Å². The molecule has 5 nitrogen and oxygen atoms in total. The van der Waals surface area contributed by atoms with Crippen LogP contribution < -0.4 is 15.4 Å². The van der Waals surface area contributed by atoms with Gasteiger partial charge in [0.1, 0.15) is 5.75 Å². The van der Waals surface area contributed by atoms with Crippen LogP contribution >= 0.6 is 0 Å². The van der Waals surface area contributed by atoms with Crippen LogP contribution in [0.15, 0.2) is 42.5 Å². The van der Waals surface area contributed by atoms with Gasteiger partial charge in [0.25, 0.3) is 5.91 Å². The molecule has 0 saturated heterocycles. The Kier molecular flexibility index (Phi) is 4.02.